The first-order valence-corrected chi connectivity index (χ1v) is 5.23. The fraction of sp³-hybridized carbons (Fsp3) is 0.417. The lowest BCUT2D eigenvalue weighted by Crippen LogP contribution is -2.02. The minimum absolute atomic E-state index is 0.000630. The van der Waals surface area contributed by atoms with Crippen molar-refractivity contribution < 1.29 is 4.79 Å². The Hall–Kier alpha value is -0.820. The topological polar surface area (TPSA) is 17.1 Å². The van der Waals surface area contributed by atoms with Crippen LogP contribution >= 0.6 is 11.6 Å². The monoisotopic (exact) mass is 210 g/mol. The third kappa shape index (κ3) is 2.58. The second-order valence-corrected chi connectivity index (χ2v) is 4.02. The van der Waals surface area contributed by atoms with E-state index in [1.54, 1.807) is 0 Å². The molecular formula is C12H15ClO. The molecule has 0 spiro atoms. The molecule has 1 unspecified atom stereocenters. The number of Topliss-reactive ketones (excluding diaryl/α,β-unsaturated/α-hetero) is 1. The summed E-state index contributed by atoms with van der Waals surface area (Å²) in [4.78, 5) is 11.1. The first kappa shape index (κ1) is 11.3. The summed E-state index contributed by atoms with van der Waals surface area (Å²) < 4.78 is 0. The quantitative estimate of drug-likeness (QED) is 0.699. The molecule has 1 aromatic rings. The van der Waals surface area contributed by atoms with Crippen LogP contribution in [-0.2, 0) is 11.2 Å². The molecule has 1 rings (SSSR count). The zero-order valence-corrected chi connectivity index (χ0v) is 9.56. The van der Waals surface area contributed by atoms with Crippen molar-refractivity contribution in [3.8, 4) is 0 Å². The highest BCUT2D eigenvalue weighted by Crippen LogP contribution is 2.23. The van der Waals surface area contributed by atoms with Gasteiger partial charge in [0.25, 0.3) is 0 Å². The van der Waals surface area contributed by atoms with Crippen LogP contribution in [0.3, 0.4) is 0 Å². The first-order chi connectivity index (χ1) is 6.54. The Bertz CT molecular complexity index is 344. The van der Waals surface area contributed by atoms with Crippen molar-refractivity contribution in [1.82, 2.24) is 0 Å². The van der Waals surface area contributed by atoms with Crippen molar-refractivity contribution >= 4 is 17.4 Å². The average molecular weight is 211 g/mol. The molecular weight excluding hydrogens is 196 g/mol. The Morgan fingerprint density at radius 1 is 1.43 bits per heavy atom. The lowest BCUT2D eigenvalue weighted by atomic mass is 10.0. The van der Waals surface area contributed by atoms with Gasteiger partial charge in [-0.05, 0) is 31.4 Å². The van der Waals surface area contributed by atoms with Crippen LogP contribution in [0.15, 0.2) is 18.2 Å². The molecule has 76 valence electrons. The lowest BCUT2D eigenvalue weighted by molar-refractivity contribution is -0.116. The van der Waals surface area contributed by atoms with E-state index in [-0.39, 0.29) is 5.78 Å². The van der Waals surface area contributed by atoms with Crippen LogP contribution in [0.2, 0.25) is 0 Å². The SMILES string of the molecule is CCc1cc(C)cc(C(Cl)C(C)=O)c1. The number of aryl methyl sites for hydroxylation is 2. The third-order valence-electron chi connectivity index (χ3n) is 2.22. The Balaban J connectivity index is 3.08. The first-order valence-electron chi connectivity index (χ1n) is 4.79. The number of benzene rings is 1. The number of ketones is 1. The van der Waals surface area contributed by atoms with E-state index in [2.05, 4.69) is 13.0 Å². The Morgan fingerprint density at radius 3 is 2.57 bits per heavy atom. The van der Waals surface area contributed by atoms with Crippen LogP contribution < -0.4 is 0 Å². The highest BCUT2D eigenvalue weighted by Gasteiger charge is 2.13. The molecule has 14 heavy (non-hydrogen) atoms. The maximum Gasteiger partial charge on any atom is 0.152 e. The Morgan fingerprint density at radius 2 is 2.07 bits per heavy atom. The van der Waals surface area contributed by atoms with Crippen LogP contribution in [0.5, 0.6) is 0 Å². The molecule has 0 aliphatic heterocycles. The molecule has 0 amide bonds. The Kier molecular flexibility index (Phi) is 3.70. The fourth-order valence-corrected chi connectivity index (χ4v) is 1.61. The normalized spacial score (nSPS) is 12.6. The number of carbonyl (C=O) groups excluding carboxylic acids is 1. The summed E-state index contributed by atoms with van der Waals surface area (Å²) in [6.45, 7) is 5.63. The Labute approximate surface area is 90.1 Å². The summed E-state index contributed by atoms with van der Waals surface area (Å²) in [5, 5.41) is -0.500. The number of rotatable bonds is 3. The van der Waals surface area contributed by atoms with Crippen molar-refractivity contribution in [2.75, 3.05) is 0 Å². The maximum atomic E-state index is 11.1. The minimum Gasteiger partial charge on any atom is -0.298 e. The summed E-state index contributed by atoms with van der Waals surface area (Å²) in [6, 6.07) is 6.09. The number of carbonyl (C=O) groups is 1. The highest BCUT2D eigenvalue weighted by molar-refractivity contribution is 6.30. The van der Waals surface area contributed by atoms with Crippen molar-refractivity contribution in [2.24, 2.45) is 0 Å². The van der Waals surface area contributed by atoms with Crippen LogP contribution in [0, 0.1) is 6.92 Å². The van der Waals surface area contributed by atoms with Gasteiger partial charge in [-0.3, -0.25) is 4.79 Å². The molecule has 0 bridgehead atoms. The molecule has 1 nitrogen and oxygen atoms in total. The van der Waals surface area contributed by atoms with Gasteiger partial charge in [0.05, 0.1) is 0 Å². The molecule has 1 atom stereocenters. The molecule has 0 aliphatic rings. The van der Waals surface area contributed by atoms with Crippen molar-refractivity contribution in [1.29, 1.82) is 0 Å². The van der Waals surface area contributed by atoms with Gasteiger partial charge < -0.3 is 0 Å². The fourth-order valence-electron chi connectivity index (χ4n) is 1.48. The molecule has 0 aromatic heterocycles. The van der Waals surface area contributed by atoms with E-state index in [0.717, 1.165) is 17.5 Å². The van der Waals surface area contributed by atoms with Crippen LogP contribution in [0.1, 0.15) is 35.9 Å². The molecule has 0 N–H and O–H groups in total. The minimum atomic E-state index is -0.500. The zero-order chi connectivity index (χ0) is 10.7. The van der Waals surface area contributed by atoms with Crippen LogP contribution in [0.25, 0.3) is 0 Å². The molecule has 0 heterocycles. The van der Waals surface area contributed by atoms with Gasteiger partial charge in [0.15, 0.2) is 5.78 Å². The summed E-state index contributed by atoms with van der Waals surface area (Å²) in [5.74, 6) is -0.000630. The predicted octanol–water partition coefficient (Wildman–Crippen LogP) is 3.43. The van der Waals surface area contributed by atoms with E-state index >= 15 is 0 Å². The van der Waals surface area contributed by atoms with E-state index in [1.165, 1.54) is 12.5 Å². The molecule has 1 aromatic carbocycles. The van der Waals surface area contributed by atoms with E-state index in [9.17, 15) is 4.79 Å². The van der Waals surface area contributed by atoms with E-state index < -0.39 is 5.38 Å². The van der Waals surface area contributed by atoms with Crippen LogP contribution in [0.4, 0.5) is 0 Å². The van der Waals surface area contributed by atoms with Gasteiger partial charge in [0, 0.05) is 0 Å². The molecule has 0 radical (unpaired) electrons. The van der Waals surface area contributed by atoms with Gasteiger partial charge in [0.1, 0.15) is 5.38 Å². The van der Waals surface area contributed by atoms with Gasteiger partial charge in [-0.15, -0.1) is 11.6 Å². The van der Waals surface area contributed by atoms with Gasteiger partial charge in [-0.25, -0.2) is 0 Å². The van der Waals surface area contributed by atoms with Gasteiger partial charge >= 0.3 is 0 Å². The van der Waals surface area contributed by atoms with Gasteiger partial charge in [0.2, 0.25) is 0 Å². The van der Waals surface area contributed by atoms with Gasteiger partial charge in [-0.2, -0.15) is 0 Å². The number of hydrogen-bond donors (Lipinski definition) is 0. The van der Waals surface area contributed by atoms with Crippen molar-refractivity contribution in [2.45, 2.75) is 32.6 Å². The third-order valence-corrected chi connectivity index (χ3v) is 2.78. The van der Waals surface area contributed by atoms with Crippen molar-refractivity contribution in [3.63, 3.8) is 0 Å². The van der Waals surface area contributed by atoms with Crippen molar-refractivity contribution in [3.05, 3.63) is 34.9 Å². The zero-order valence-electron chi connectivity index (χ0n) is 8.80. The van der Waals surface area contributed by atoms with E-state index in [4.69, 9.17) is 11.6 Å². The number of halogens is 1. The standard InChI is InChI=1S/C12H15ClO/c1-4-10-5-8(2)6-11(7-10)12(13)9(3)14/h5-7,12H,4H2,1-3H3. The summed E-state index contributed by atoms with van der Waals surface area (Å²) in [7, 11) is 0. The number of hydrogen-bond acceptors (Lipinski definition) is 1. The lowest BCUT2D eigenvalue weighted by Gasteiger charge is -2.09. The number of alkyl halides is 1. The summed E-state index contributed by atoms with van der Waals surface area (Å²) in [6.07, 6.45) is 0.968. The smallest absolute Gasteiger partial charge is 0.152 e. The molecule has 2 heteroatoms. The van der Waals surface area contributed by atoms with E-state index in [0.29, 0.717) is 0 Å². The van der Waals surface area contributed by atoms with Crippen LogP contribution in [-0.4, -0.2) is 5.78 Å². The molecule has 0 saturated heterocycles. The molecule has 0 aliphatic carbocycles. The predicted molar refractivity (Wildman–Crippen MR) is 59.8 cm³/mol. The highest BCUT2D eigenvalue weighted by atomic mass is 35.5. The average Bonchev–Trinajstić information content (AvgIpc) is 2.15. The molecule has 0 saturated carbocycles. The van der Waals surface area contributed by atoms with Gasteiger partial charge in [-0.1, -0.05) is 30.7 Å². The van der Waals surface area contributed by atoms with E-state index in [1.807, 2.05) is 19.1 Å². The summed E-state index contributed by atoms with van der Waals surface area (Å²) in [5.41, 5.74) is 3.30. The molecule has 0 fully saturated rings. The second kappa shape index (κ2) is 4.61. The summed E-state index contributed by atoms with van der Waals surface area (Å²) >= 11 is 5.99. The maximum absolute atomic E-state index is 11.1. The largest absolute Gasteiger partial charge is 0.298 e. The second-order valence-electron chi connectivity index (χ2n) is 3.58.